The second-order valence-corrected chi connectivity index (χ2v) is 3.53. The lowest BCUT2D eigenvalue weighted by Crippen LogP contribution is -2.03. The molecule has 2 nitrogen and oxygen atoms in total. The summed E-state index contributed by atoms with van der Waals surface area (Å²) in [5.74, 6) is -0.252. The molecule has 0 aliphatic heterocycles. The fourth-order valence-corrected chi connectivity index (χ4v) is 1.59. The van der Waals surface area contributed by atoms with Crippen LogP contribution in [0.5, 0.6) is 0 Å². The highest BCUT2D eigenvalue weighted by molar-refractivity contribution is 5.97. The highest BCUT2D eigenvalue weighted by Crippen LogP contribution is 2.19. The van der Waals surface area contributed by atoms with Gasteiger partial charge in [0, 0.05) is 5.56 Å². The van der Waals surface area contributed by atoms with Crippen molar-refractivity contribution in [3.63, 3.8) is 0 Å². The van der Waals surface area contributed by atoms with Gasteiger partial charge in [0.2, 0.25) is 0 Å². The summed E-state index contributed by atoms with van der Waals surface area (Å²) < 4.78 is 0. The van der Waals surface area contributed by atoms with Gasteiger partial charge in [-0.3, -0.25) is 4.79 Å². The van der Waals surface area contributed by atoms with Gasteiger partial charge in [0.15, 0.2) is 5.78 Å². The van der Waals surface area contributed by atoms with E-state index < -0.39 is 6.61 Å². The van der Waals surface area contributed by atoms with Gasteiger partial charge in [-0.05, 0) is 17.2 Å². The van der Waals surface area contributed by atoms with Crippen LogP contribution in [0.2, 0.25) is 0 Å². The second kappa shape index (κ2) is 4.73. The Bertz CT molecular complexity index is 489. The van der Waals surface area contributed by atoms with Gasteiger partial charge in [0.05, 0.1) is 0 Å². The van der Waals surface area contributed by atoms with E-state index in [0.29, 0.717) is 5.56 Å². The SMILES string of the molecule is O=C(CO)c1cccc(-c2ccccc2)c1. The van der Waals surface area contributed by atoms with Crippen LogP contribution in [0.3, 0.4) is 0 Å². The third-order valence-electron chi connectivity index (χ3n) is 2.44. The Morgan fingerprint density at radius 2 is 1.62 bits per heavy atom. The maximum absolute atomic E-state index is 11.3. The van der Waals surface area contributed by atoms with Gasteiger partial charge < -0.3 is 5.11 Å². The molecule has 0 saturated carbocycles. The Labute approximate surface area is 94.2 Å². The number of rotatable bonds is 3. The first kappa shape index (κ1) is 10.6. The van der Waals surface area contributed by atoms with Gasteiger partial charge in [-0.1, -0.05) is 48.5 Å². The van der Waals surface area contributed by atoms with E-state index in [0.717, 1.165) is 11.1 Å². The molecule has 0 bridgehead atoms. The van der Waals surface area contributed by atoms with E-state index in [9.17, 15) is 4.79 Å². The van der Waals surface area contributed by atoms with Crippen molar-refractivity contribution < 1.29 is 9.90 Å². The summed E-state index contributed by atoms with van der Waals surface area (Å²) in [6, 6.07) is 17.1. The van der Waals surface area contributed by atoms with Crippen molar-refractivity contribution >= 4 is 5.78 Å². The fraction of sp³-hybridized carbons (Fsp3) is 0.0714. The Morgan fingerprint density at radius 1 is 0.938 bits per heavy atom. The van der Waals surface area contributed by atoms with Gasteiger partial charge >= 0.3 is 0 Å². The molecule has 0 aliphatic carbocycles. The van der Waals surface area contributed by atoms with Gasteiger partial charge in [-0.2, -0.15) is 0 Å². The molecule has 0 aliphatic rings. The molecule has 0 atom stereocenters. The van der Waals surface area contributed by atoms with Crippen LogP contribution < -0.4 is 0 Å². The smallest absolute Gasteiger partial charge is 0.188 e. The lowest BCUT2D eigenvalue weighted by Gasteiger charge is -2.03. The molecule has 0 unspecified atom stereocenters. The summed E-state index contributed by atoms with van der Waals surface area (Å²) >= 11 is 0. The Morgan fingerprint density at radius 3 is 2.31 bits per heavy atom. The van der Waals surface area contributed by atoms with Crippen LogP contribution in [0, 0.1) is 0 Å². The maximum Gasteiger partial charge on any atom is 0.188 e. The van der Waals surface area contributed by atoms with Crippen molar-refractivity contribution in [2.45, 2.75) is 0 Å². The van der Waals surface area contributed by atoms with Crippen LogP contribution in [0.4, 0.5) is 0 Å². The standard InChI is InChI=1S/C14H12O2/c15-10-14(16)13-8-4-7-12(9-13)11-5-2-1-3-6-11/h1-9,15H,10H2. The Balaban J connectivity index is 2.40. The minimum absolute atomic E-state index is 0.252. The molecule has 2 aromatic carbocycles. The Hall–Kier alpha value is -1.93. The second-order valence-electron chi connectivity index (χ2n) is 3.53. The summed E-state index contributed by atoms with van der Waals surface area (Å²) in [6.45, 7) is -0.446. The number of hydrogen-bond acceptors (Lipinski definition) is 2. The zero-order valence-corrected chi connectivity index (χ0v) is 8.76. The minimum atomic E-state index is -0.446. The molecule has 0 heterocycles. The summed E-state index contributed by atoms with van der Waals surface area (Å²) in [5.41, 5.74) is 2.60. The number of benzene rings is 2. The summed E-state index contributed by atoms with van der Waals surface area (Å²) in [7, 11) is 0. The molecular formula is C14H12O2. The first-order valence-electron chi connectivity index (χ1n) is 5.11. The van der Waals surface area contributed by atoms with E-state index in [1.807, 2.05) is 42.5 Å². The van der Waals surface area contributed by atoms with E-state index in [1.54, 1.807) is 12.1 Å². The number of carbonyl (C=O) groups is 1. The monoisotopic (exact) mass is 212 g/mol. The molecule has 2 aromatic rings. The highest BCUT2D eigenvalue weighted by atomic mass is 16.3. The molecule has 1 N–H and O–H groups in total. The zero-order chi connectivity index (χ0) is 11.4. The molecule has 0 fully saturated rings. The highest BCUT2D eigenvalue weighted by Gasteiger charge is 2.05. The van der Waals surface area contributed by atoms with Crippen LogP contribution in [-0.4, -0.2) is 17.5 Å². The summed E-state index contributed by atoms with van der Waals surface area (Å²) in [6.07, 6.45) is 0. The predicted octanol–water partition coefficient (Wildman–Crippen LogP) is 2.53. The number of aliphatic hydroxyl groups is 1. The molecule has 0 amide bonds. The maximum atomic E-state index is 11.3. The van der Waals surface area contributed by atoms with Crippen LogP contribution >= 0.6 is 0 Å². The van der Waals surface area contributed by atoms with Crippen molar-refractivity contribution in [3.8, 4) is 11.1 Å². The van der Waals surface area contributed by atoms with E-state index in [1.165, 1.54) is 0 Å². The molecule has 0 saturated heterocycles. The quantitative estimate of drug-likeness (QED) is 0.794. The molecule has 0 aromatic heterocycles. The third kappa shape index (κ3) is 2.18. The normalized spacial score (nSPS) is 10.1. The van der Waals surface area contributed by atoms with Crippen LogP contribution in [0.25, 0.3) is 11.1 Å². The predicted molar refractivity (Wildman–Crippen MR) is 63.3 cm³/mol. The first-order chi connectivity index (χ1) is 7.81. The number of Topliss-reactive ketones (excluding diaryl/α,β-unsaturated/α-hetero) is 1. The van der Waals surface area contributed by atoms with Crippen molar-refractivity contribution in [3.05, 3.63) is 60.2 Å². The average Bonchev–Trinajstić information content (AvgIpc) is 2.39. The van der Waals surface area contributed by atoms with Crippen molar-refractivity contribution in [2.75, 3.05) is 6.61 Å². The van der Waals surface area contributed by atoms with Gasteiger partial charge in [0.1, 0.15) is 6.61 Å². The number of carbonyl (C=O) groups excluding carboxylic acids is 1. The first-order valence-corrected chi connectivity index (χ1v) is 5.11. The zero-order valence-electron chi connectivity index (χ0n) is 8.76. The summed E-state index contributed by atoms with van der Waals surface area (Å²) in [5, 5.41) is 8.80. The van der Waals surface area contributed by atoms with Crippen LogP contribution in [0.1, 0.15) is 10.4 Å². The van der Waals surface area contributed by atoms with E-state index in [2.05, 4.69) is 0 Å². The van der Waals surface area contributed by atoms with Gasteiger partial charge in [0.25, 0.3) is 0 Å². The van der Waals surface area contributed by atoms with Crippen molar-refractivity contribution in [2.24, 2.45) is 0 Å². The number of ketones is 1. The molecule has 0 spiro atoms. The van der Waals surface area contributed by atoms with E-state index >= 15 is 0 Å². The molecule has 2 rings (SSSR count). The summed E-state index contributed by atoms with van der Waals surface area (Å²) in [4.78, 5) is 11.3. The topological polar surface area (TPSA) is 37.3 Å². The largest absolute Gasteiger partial charge is 0.388 e. The average molecular weight is 212 g/mol. The molecule has 16 heavy (non-hydrogen) atoms. The minimum Gasteiger partial charge on any atom is -0.388 e. The van der Waals surface area contributed by atoms with Gasteiger partial charge in [-0.15, -0.1) is 0 Å². The van der Waals surface area contributed by atoms with Crippen molar-refractivity contribution in [1.82, 2.24) is 0 Å². The Kier molecular flexibility index (Phi) is 3.13. The van der Waals surface area contributed by atoms with E-state index in [-0.39, 0.29) is 5.78 Å². The molecule has 80 valence electrons. The number of aliphatic hydroxyl groups excluding tert-OH is 1. The van der Waals surface area contributed by atoms with Crippen LogP contribution in [0.15, 0.2) is 54.6 Å². The third-order valence-corrected chi connectivity index (χ3v) is 2.44. The van der Waals surface area contributed by atoms with Crippen molar-refractivity contribution in [1.29, 1.82) is 0 Å². The number of hydrogen-bond donors (Lipinski definition) is 1. The van der Waals surface area contributed by atoms with Gasteiger partial charge in [-0.25, -0.2) is 0 Å². The van der Waals surface area contributed by atoms with Crippen LogP contribution in [-0.2, 0) is 0 Å². The lowest BCUT2D eigenvalue weighted by molar-refractivity contribution is 0.0904. The molecule has 2 heteroatoms. The van der Waals surface area contributed by atoms with E-state index in [4.69, 9.17) is 5.11 Å². The molecule has 0 radical (unpaired) electrons. The fourth-order valence-electron chi connectivity index (χ4n) is 1.59. The molecular weight excluding hydrogens is 200 g/mol. The lowest BCUT2D eigenvalue weighted by atomic mass is 10.0.